The maximum atomic E-state index is 14.0. The zero-order valence-electron chi connectivity index (χ0n) is 13.1. The van der Waals surface area contributed by atoms with Crippen LogP contribution in [0.25, 0.3) is 0 Å². The van der Waals surface area contributed by atoms with Crippen LogP contribution in [0, 0.1) is 5.82 Å². The van der Waals surface area contributed by atoms with Crippen LogP contribution in [0.15, 0.2) is 23.1 Å². The fourth-order valence-electron chi connectivity index (χ4n) is 2.74. The molecule has 1 saturated carbocycles. The van der Waals surface area contributed by atoms with Gasteiger partial charge in [-0.2, -0.15) is 0 Å². The molecule has 1 aliphatic rings. The van der Waals surface area contributed by atoms with Crippen LogP contribution in [0.5, 0.6) is 0 Å². The number of rotatable bonds is 7. The SMILES string of the molecule is CCN(CC(=O)O)C1CC(Nc2ccc(S(C)(=O)=O)cc2F)C1. The Balaban J connectivity index is 1.94. The van der Waals surface area contributed by atoms with Crippen molar-refractivity contribution in [1.29, 1.82) is 0 Å². The minimum atomic E-state index is -3.43. The molecule has 0 unspecified atom stereocenters. The van der Waals surface area contributed by atoms with E-state index in [1.807, 2.05) is 11.8 Å². The summed E-state index contributed by atoms with van der Waals surface area (Å²) in [4.78, 5) is 12.6. The van der Waals surface area contributed by atoms with E-state index in [0.717, 1.165) is 25.2 Å². The molecular formula is C15H21FN2O4S. The first-order valence-corrected chi connectivity index (χ1v) is 9.31. The molecule has 0 saturated heterocycles. The molecule has 0 aromatic heterocycles. The average Bonchev–Trinajstić information content (AvgIpc) is 2.40. The van der Waals surface area contributed by atoms with Crippen molar-refractivity contribution in [2.24, 2.45) is 0 Å². The van der Waals surface area contributed by atoms with E-state index in [9.17, 15) is 17.6 Å². The second kappa shape index (κ2) is 6.84. The lowest BCUT2D eigenvalue weighted by molar-refractivity contribution is -0.139. The van der Waals surface area contributed by atoms with Gasteiger partial charge in [-0.15, -0.1) is 0 Å². The van der Waals surface area contributed by atoms with E-state index in [0.29, 0.717) is 6.54 Å². The maximum absolute atomic E-state index is 14.0. The Hall–Kier alpha value is -1.67. The standard InChI is InChI=1S/C15H21FN2O4S/c1-3-18(9-15(19)20)11-6-10(7-11)17-14-5-4-12(8-13(14)16)23(2,21)22/h4-5,8,10-11,17H,3,6-7,9H2,1-2H3,(H,19,20). The van der Waals surface area contributed by atoms with E-state index in [4.69, 9.17) is 5.11 Å². The van der Waals surface area contributed by atoms with Gasteiger partial charge in [0.15, 0.2) is 9.84 Å². The molecule has 2 rings (SSSR count). The largest absolute Gasteiger partial charge is 0.480 e. The summed E-state index contributed by atoms with van der Waals surface area (Å²) in [6.07, 6.45) is 2.50. The Kier molecular flexibility index (Phi) is 5.26. The van der Waals surface area contributed by atoms with Crippen molar-refractivity contribution in [3.8, 4) is 0 Å². The predicted molar refractivity (Wildman–Crippen MR) is 84.8 cm³/mol. The summed E-state index contributed by atoms with van der Waals surface area (Å²) < 4.78 is 36.7. The molecule has 1 aromatic carbocycles. The number of hydrogen-bond acceptors (Lipinski definition) is 5. The van der Waals surface area contributed by atoms with Crippen molar-refractivity contribution >= 4 is 21.5 Å². The quantitative estimate of drug-likeness (QED) is 0.781. The van der Waals surface area contributed by atoms with Crippen molar-refractivity contribution in [2.45, 2.75) is 36.7 Å². The van der Waals surface area contributed by atoms with Crippen LogP contribution >= 0.6 is 0 Å². The van der Waals surface area contributed by atoms with Gasteiger partial charge < -0.3 is 10.4 Å². The smallest absolute Gasteiger partial charge is 0.317 e. The third kappa shape index (κ3) is 4.42. The third-order valence-corrected chi connectivity index (χ3v) is 5.21. The molecule has 23 heavy (non-hydrogen) atoms. The Labute approximate surface area is 135 Å². The third-order valence-electron chi connectivity index (χ3n) is 4.10. The molecule has 0 spiro atoms. The number of carboxylic acids is 1. The minimum Gasteiger partial charge on any atom is -0.480 e. The highest BCUT2D eigenvalue weighted by molar-refractivity contribution is 7.90. The number of halogens is 1. The van der Waals surface area contributed by atoms with Crippen LogP contribution in [0.3, 0.4) is 0 Å². The maximum Gasteiger partial charge on any atom is 0.317 e. The number of sulfone groups is 1. The molecule has 0 atom stereocenters. The molecule has 2 N–H and O–H groups in total. The highest BCUT2D eigenvalue weighted by atomic mass is 32.2. The van der Waals surface area contributed by atoms with Gasteiger partial charge in [-0.1, -0.05) is 6.92 Å². The van der Waals surface area contributed by atoms with Crippen LogP contribution in [0.1, 0.15) is 19.8 Å². The summed E-state index contributed by atoms with van der Waals surface area (Å²) in [7, 11) is -3.43. The summed E-state index contributed by atoms with van der Waals surface area (Å²) in [5.41, 5.74) is 0.266. The van der Waals surface area contributed by atoms with Gasteiger partial charge in [0.05, 0.1) is 17.1 Å². The number of hydrogen-bond donors (Lipinski definition) is 2. The van der Waals surface area contributed by atoms with Gasteiger partial charge in [-0.25, -0.2) is 12.8 Å². The van der Waals surface area contributed by atoms with E-state index >= 15 is 0 Å². The van der Waals surface area contributed by atoms with Gasteiger partial charge in [-0.3, -0.25) is 9.69 Å². The molecule has 1 aliphatic carbocycles. The fourth-order valence-corrected chi connectivity index (χ4v) is 3.37. The van der Waals surface area contributed by atoms with Gasteiger partial charge in [0.25, 0.3) is 0 Å². The summed E-state index contributed by atoms with van der Waals surface area (Å²) in [6, 6.07) is 4.04. The minimum absolute atomic E-state index is 0.00526. The summed E-state index contributed by atoms with van der Waals surface area (Å²) in [5, 5.41) is 11.9. The number of anilines is 1. The zero-order chi connectivity index (χ0) is 17.2. The van der Waals surface area contributed by atoms with Crippen LogP contribution < -0.4 is 5.32 Å². The average molecular weight is 344 g/mol. The summed E-state index contributed by atoms with van der Waals surface area (Å²) in [5.74, 6) is -1.46. The lowest BCUT2D eigenvalue weighted by Crippen LogP contribution is -2.51. The molecule has 0 heterocycles. The zero-order valence-corrected chi connectivity index (χ0v) is 13.9. The van der Waals surface area contributed by atoms with Crippen molar-refractivity contribution < 1.29 is 22.7 Å². The van der Waals surface area contributed by atoms with E-state index in [1.165, 1.54) is 12.1 Å². The first-order valence-electron chi connectivity index (χ1n) is 7.42. The highest BCUT2D eigenvalue weighted by Gasteiger charge is 2.34. The first kappa shape index (κ1) is 17.7. The van der Waals surface area contributed by atoms with Crippen LogP contribution in [0.4, 0.5) is 10.1 Å². The number of carboxylic acid groups (broad SMARTS) is 1. The second-order valence-corrected chi connectivity index (χ2v) is 7.85. The number of carbonyl (C=O) groups is 1. The van der Waals surface area contributed by atoms with Gasteiger partial charge in [0.2, 0.25) is 0 Å². The second-order valence-electron chi connectivity index (χ2n) is 5.84. The predicted octanol–water partition coefficient (Wildman–Crippen LogP) is 1.58. The van der Waals surface area contributed by atoms with Crippen molar-refractivity contribution in [3.05, 3.63) is 24.0 Å². The lowest BCUT2D eigenvalue weighted by atomic mass is 9.85. The normalized spacial score (nSPS) is 21.0. The molecular weight excluding hydrogens is 323 g/mol. The van der Waals surface area contributed by atoms with Gasteiger partial charge in [-0.05, 0) is 37.6 Å². The van der Waals surface area contributed by atoms with Gasteiger partial charge >= 0.3 is 5.97 Å². The summed E-state index contributed by atoms with van der Waals surface area (Å²) in [6.45, 7) is 2.57. The Bertz CT molecular complexity index is 687. The molecule has 128 valence electrons. The summed E-state index contributed by atoms with van der Waals surface area (Å²) >= 11 is 0. The number of benzene rings is 1. The molecule has 1 fully saturated rings. The first-order chi connectivity index (χ1) is 10.7. The fraction of sp³-hybridized carbons (Fsp3) is 0.533. The van der Waals surface area contributed by atoms with Crippen LogP contribution in [0.2, 0.25) is 0 Å². The van der Waals surface area contributed by atoms with Crippen LogP contribution in [-0.4, -0.2) is 55.8 Å². The Morgan fingerprint density at radius 2 is 2.09 bits per heavy atom. The topological polar surface area (TPSA) is 86.7 Å². The van der Waals surface area contributed by atoms with Gasteiger partial charge in [0, 0.05) is 18.3 Å². The lowest BCUT2D eigenvalue weighted by Gasteiger charge is -2.42. The van der Waals surface area contributed by atoms with E-state index in [-0.39, 0.29) is 29.2 Å². The molecule has 0 radical (unpaired) electrons. The number of aliphatic carboxylic acids is 1. The highest BCUT2D eigenvalue weighted by Crippen LogP contribution is 2.30. The van der Waals surface area contributed by atoms with E-state index in [1.54, 1.807) is 0 Å². The number of nitrogens with zero attached hydrogens (tertiary/aromatic N) is 1. The van der Waals surface area contributed by atoms with Gasteiger partial charge in [0.1, 0.15) is 5.82 Å². The van der Waals surface area contributed by atoms with E-state index < -0.39 is 21.6 Å². The molecule has 8 heteroatoms. The Morgan fingerprint density at radius 1 is 1.43 bits per heavy atom. The molecule has 1 aromatic rings. The number of likely N-dealkylation sites (N-methyl/N-ethyl adjacent to an activating group) is 1. The van der Waals surface area contributed by atoms with Crippen LogP contribution in [-0.2, 0) is 14.6 Å². The molecule has 0 bridgehead atoms. The molecule has 6 nitrogen and oxygen atoms in total. The monoisotopic (exact) mass is 344 g/mol. The van der Waals surface area contributed by atoms with Crippen molar-refractivity contribution in [3.63, 3.8) is 0 Å². The Morgan fingerprint density at radius 3 is 2.57 bits per heavy atom. The van der Waals surface area contributed by atoms with Crippen molar-refractivity contribution in [2.75, 3.05) is 24.7 Å². The molecule has 0 aliphatic heterocycles. The molecule has 0 amide bonds. The number of nitrogens with one attached hydrogen (secondary N) is 1. The van der Waals surface area contributed by atoms with E-state index in [2.05, 4.69) is 5.32 Å². The van der Waals surface area contributed by atoms with Crippen molar-refractivity contribution in [1.82, 2.24) is 4.90 Å².